The van der Waals surface area contributed by atoms with Crippen LogP contribution in [0.25, 0.3) is 0 Å². The summed E-state index contributed by atoms with van der Waals surface area (Å²) in [5, 5.41) is 13.9. The zero-order valence-electron chi connectivity index (χ0n) is 8.67. The molecule has 2 unspecified atom stereocenters. The van der Waals surface area contributed by atoms with Gasteiger partial charge in [0.2, 0.25) is 0 Å². The van der Waals surface area contributed by atoms with Gasteiger partial charge in [0.1, 0.15) is 0 Å². The van der Waals surface area contributed by atoms with Gasteiger partial charge in [-0.25, -0.2) is 0 Å². The molecular formula is C11H16N2O2. The Bertz CT molecular complexity index is 346. The molecule has 0 amide bonds. The van der Waals surface area contributed by atoms with Crippen LogP contribution >= 0.6 is 0 Å². The van der Waals surface area contributed by atoms with E-state index in [1.165, 1.54) is 12.8 Å². The van der Waals surface area contributed by atoms with Crippen LogP contribution < -0.4 is 0 Å². The fraction of sp³-hybridized carbons (Fsp3) is 0.727. The van der Waals surface area contributed by atoms with E-state index < -0.39 is 0 Å². The van der Waals surface area contributed by atoms with Gasteiger partial charge in [-0.15, -0.1) is 0 Å². The Labute approximate surface area is 88.9 Å². The first kappa shape index (κ1) is 9.36. The molecule has 15 heavy (non-hydrogen) atoms. The minimum atomic E-state index is -0.215. The van der Waals surface area contributed by atoms with Crippen molar-refractivity contribution in [3.05, 3.63) is 18.0 Å². The van der Waals surface area contributed by atoms with Crippen LogP contribution in [0.3, 0.4) is 0 Å². The Balaban J connectivity index is 1.73. The van der Waals surface area contributed by atoms with Gasteiger partial charge in [0.15, 0.2) is 0 Å². The summed E-state index contributed by atoms with van der Waals surface area (Å²) < 4.78 is 7.66. The van der Waals surface area contributed by atoms with Crippen LogP contribution in [0, 0.1) is 0 Å². The molecule has 1 saturated carbocycles. The Morgan fingerprint density at radius 2 is 2.27 bits per heavy atom. The quantitative estimate of drug-likeness (QED) is 0.799. The molecule has 1 aliphatic heterocycles. The topological polar surface area (TPSA) is 47.3 Å². The molecule has 1 aromatic heterocycles. The van der Waals surface area contributed by atoms with Gasteiger partial charge in [0.25, 0.3) is 0 Å². The standard InChI is InChI=1S/C11H16N2O2/c14-10-3-4-15-11(5-10)8-6-12-13(7-8)9-1-2-9/h6-7,9-11,14H,1-5H2. The lowest BCUT2D eigenvalue weighted by Crippen LogP contribution is -2.23. The van der Waals surface area contributed by atoms with E-state index in [9.17, 15) is 5.11 Å². The molecule has 2 fully saturated rings. The molecule has 2 aliphatic rings. The van der Waals surface area contributed by atoms with E-state index >= 15 is 0 Å². The molecule has 1 N–H and O–H groups in total. The molecule has 4 nitrogen and oxygen atoms in total. The van der Waals surface area contributed by atoms with E-state index in [0.717, 1.165) is 12.0 Å². The van der Waals surface area contributed by atoms with Crippen molar-refractivity contribution in [2.24, 2.45) is 0 Å². The average Bonchev–Trinajstić information content (AvgIpc) is 2.97. The van der Waals surface area contributed by atoms with Gasteiger partial charge >= 0.3 is 0 Å². The molecule has 3 rings (SSSR count). The molecule has 0 radical (unpaired) electrons. The Morgan fingerprint density at radius 3 is 3.00 bits per heavy atom. The van der Waals surface area contributed by atoms with Crippen molar-refractivity contribution in [2.75, 3.05) is 6.61 Å². The van der Waals surface area contributed by atoms with Gasteiger partial charge in [0.05, 0.1) is 24.4 Å². The SMILES string of the molecule is OC1CCOC(c2cnn(C3CC3)c2)C1. The zero-order valence-corrected chi connectivity index (χ0v) is 8.67. The average molecular weight is 208 g/mol. The molecule has 4 heteroatoms. The largest absolute Gasteiger partial charge is 0.393 e. The molecule has 0 bridgehead atoms. The van der Waals surface area contributed by atoms with Crippen LogP contribution in [0.5, 0.6) is 0 Å². The number of aromatic nitrogens is 2. The first-order chi connectivity index (χ1) is 7.33. The summed E-state index contributed by atoms with van der Waals surface area (Å²) in [6.45, 7) is 0.653. The number of hydrogen-bond donors (Lipinski definition) is 1. The number of ether oxygens (including phenoxy) is 1. The predicted molar refractivity (Wildman–Crippen MR) is 54.4 cm³/mol. The lowest BCUT2D eigenvalue weighted by Gasteiger charge is -2.25. The van der Waals surface area contributed by atoms with Crippen molar-refractivity contribution in [1.29, 1.82) is 0 Å². The molecular weight excluding hydrogens is 192 g/mol. The van der Waals surface area contributed by atoms with E-state index in [1.54, 1.807) is 0 Å². The zero-order chi connectivity index (χ0) is 10.3. The summed E-state index contributed by atoms with van der Waals surface area (Å²) >= 11 is 0. The lowest BCUT2D eigenvalue weighted by atomic mass is 10.0. The highest BCUT2D eigenvalue weighted by atomic mass is 16.5. The van der Waals surface area contributed by atoms with Crippen LogP contribution in [0.1, 0.15) is 43.4 Å². The predicted octanol–water partition coefficient (Wildman–Crippen LogP) is 1.43. The summed E-state index contributed by atoms with van der Waals surface area (Å²) in [5.74, 6) is 0. The molecule has 82 valence electrons. The van der Waals surface area contributed by atoms with Crippen LogP contribution in [0.15, 0.2) is 12.4 Å². The summed E-state index contributed by atoms with van der Waals surface area (Å²) in [6, 6.07) is 0.618. The van der Waals surface area contributed by atoms with Crippen molar-refractivity contribution in [1.82, 2.24) is 9.78 Å². The Kier molecular flexibility index (Phi) is 2.25. The van der Waals surface area contributed by atoms with Crippen molar-refractivity contribution in [3.8, 4) is 0 Å². The van der Waals surface area contributed by atoms with E-state index in [4.69, 9.17) is 4.74 Å². The number of nitrogens with zero attached hydrogens (tertiary/aromatic N) is 2. The summed E-state index contributed by atoms with van der Waals surface area (Å²) in [6.07, 6.45) is 7.73. The smallest absolute Gasteiger partial charge is 0.0880 e. The second kappa shape index (κ2) is 3.61. The molecule has 0 aromatic carbocycles. The highest BCUT2D eigenvalue weighted by molar-refractivity contribution is 5.10. The highest BCUT2D eigenvalue weighted by Crippen LogP contribution is 2.35. The van der Waals surface area contributed by atoms with Gasteiger partial charge in [-0.05, 0) is 19.3 Å². The monoisotopic (exact) mass is 208 g/mol. The number of aliphatic hydroxyl groups is 1. The van der Waals surface area contributed by atoms with E-state index in [0.29, 0.717) is 19.1 Å². The fourth-order valence-corrected chi connectivity index (χ4v) is 2.07. The maximum absolute atomic E-state index is 9.56. The first-order valence-corrected chi connectivity index (χ1v) is 5.66. The van der Waals surface area contributed by atoms with Crippen LogP contribution in [-0.2, 0) is 4.74 Å². The second-order valence-electron chi connectivity index (χ2n) is 4.52. The van der Waals surface area contributed by atoms with Crippen LogP contribution in [-0.4, -0.2) is 27.6 Å². The van der Waals surface area contributed by atoms with Gasteiger partial charge in [-0.3, -0.25) is 4.68 Å². The first-order valence-electron chi connectivity index (χ1n) is 5.66. The normalized spacial score (nSPS) is 31.8. The van der Waals surface area contributed by atoms with Crippen molar-refractivity contribution in [2.45, 2.75) is 43.9 Å². The van der Waals surface area contributed by atoms with E-state index in [2.05, 4.69) is 11.3 Å². The molecule has 0 spiro atoms. The third-order valence-corrected chi connectivity index (χ3v) is 3.17. The molecule has 1 aliphatic carbocycles. The van der Waals surface area contributed by atoms with Gasteiger partial charge < -0.3 is 9.84 Å². The maximum Gasteiger partial charge on any atom is 0.0880 e. The van der Waals surface area contributed by atoms with Crippen LogP contribution in [0.4, 0.5) is 0 Å². The number of hydrogen-bond acceptors (Lipinski definition) is 3. The van der Waals surface area contributed by atoms with E-state index in [-0.39, 0.29) is 12.2 Å². The minimum absolute atomic E-state index is 0.0428. The van der Waals surface area contributed by atoms with Crippen molar-refractivity contribution in [3.63, 3.8) is 0 Å². The summed E-state index contributed by atoms with van der Waals surface area (Å²) in [5.41, 5.74) is 1.11. The highest BCUT2D eigenvalue weighted by Gasteiger charge is 2.27. The molecule has 2 atom stereocenters. The fourth-order valence-electron chi connectivity index (χ4n) is 2.07. The van der Waals surface area contributed by atoms with Gasteiger partial charge in [-0.1, -0.05) is 0 Å². The van der Waals surface area contributed by atoms with Crippen molar-refractivity contribution < 1.29 is 9.84 Å². The van der Waals surface area contributed by atoms with E-state index in [1.807, 2.05) is 10.9 Å². The Hall–Kier alpha value is -0.870. The molecule has 1 aromatic rings. The third-order valence-electron chi connectivity index (χ3n) is 3.17. The number of rotatable bonds is 2. The third kappa shape index (κ3) is 1.92. The maximum atomic E-state index is 9.56. The molecule has 2 heterocycles. The van der Waals surface area contributed by atoms with Gasteiger partial charge in [0, 0.05) is 24.8 Å². The Morgan fingerprint density at radius 1 is 1.40 bits per heavy atom. The van der Waals surface area contributed by atoms with Gasteiger partial charge in [-0.2, -0.15) is 5.10 Å². The minimum Gasteiger partial charge on any atom is -0.393 e. The second-order valence-corrected chi connectivity index (χ2v) is 4.52. The number of aliphatic hydroxyl groups excluding tert-OH is 1. The lowest BCUT2D eigenvalue weighted by molar-refractivity contribution is -0.0448. The summed E-state index contributed by atoms with van der Waals surface area (Å²) in [7, 11) is 0. The molecule has 1 saturated heterocycles. The summed E-state index contributed by atoms with van der Waals surface area (Å²) in [4.78, 5) is 0. The van der Waals surface area contributed by atoms with Crippen LogP contribution in [0.2, 0.25) is 0 Å². The van der Waals surface area contributed by atoms with Crippen molar-refractivity contribution >= 4 is 0 Å².